The van der Waals surface area contributed by atoms with Crippen LogP contribution < -0.4 is 0 Å². The Morgan fingerprint density at radius 2 is 2.39 bits per heavy atom. The summed E-state index contributed by atoms with van der Waals surface area (Å²) >= 11 is 0. The molecule has 4 heteroatoms. The molecule has 0 saturated heterocycles. The van der Waals surface area contributed by atoms with Crippen molar-refractivity contribution in [3.05, 3.63) is 30.2 Å². The molecule has 18 heavy (non-hydrogen) atoms. The highest BCUT2D eigenvalue weighted by Crippen LogP contribution is 2.22. The first-order valence-corrected chi connectivity index (χ1v) is 6.18. The Morgan fingerprint density at radius 1 is 1.61 bits per heavy atom. The van der Waals surface area contributed by atoms with Crippen molar-refractivity contribution in [2.45, 2.75) is 25.9 Å². The number of carbonyl (C=O) groups is 1. The number of hydrogen-bond acceptors (Lipinski definition) is 4. The lowest BCUT2D eigenvalue weighted by molar-refractivity contribution is -0.135. The average molecular weight is 249 g/mol. The maximum Gasteiger partial charge on any atom is 0.162 e. The predicted molar refractivity (Wildman–Crippen MR) is 69.0 cm³/mol. The molecule has 0 spiro atoms. The largest absolute Gasteiger partial charge is 0.465 e. The number of rotatable bonds is 4. The van der Waals surface area contributed by atoms with E-state index >= 15 is 0 Å². The first-order valence-electron chi connectivity index (χ1n) is 6.18. The Bertz CT molecular complexity index is 446. The number of aliphatic hydroxyl groups is 1. The number of Topliss-reactive ketones (excluding diaryl/α,β-unsaturated/α-hetero) is 1. The summed E-state index contributed by atoms with van der Waals surface area (Å²) in [5, 5.41) is 10.0. The quantitative estimate of drug-likeness (QED) is 0.882. The van der Waals surface area contributed by atoms with Crippen LogP contribution in [-0.4, -0.2) is 41.0 Å². The molecule has 1 aliphatic rings. The summed E-state index contributed by atoms with van der Waals surface area (Å²) in [6.07, 6.45) is 4.71. The second-order valence-electron chi connectivity index (χ2n) is 5.04. The molecule has 4 nitrogen and oxygen atoms in total. The minimum atomic E-state index is -1.27. The SMILES string of the molecule is CC(=O)C(C)(O)CN1CCC=C(c2ccco2)C1. The maximum absolute atomic E-state index is 11.3. The highest BCUT2D eigenvalue weighted by atomic mass is 16.3. The zero-order valence-corrected chi connectivity index (χ0v) is 10.8. The minimum absolute atomic E-state index is 0.198. The molecule has 1 unspecified atom stereocenters. The summed E-state index contributed by atoms with van der Waals surface area (Å²) in [6.45, 7) is 4.92. The van der Waals surface area contributed by atoms with E-state index < -0.39 is 5.60 Å². The highest BCUT2D eigenvalue weighted by molar-refractivity contribution is 5.84. The van der Waals surface area contributed by atoms with Gasteiger partial charge in [0.05, 0.1) is 6.26 Å². The van der Waals surface area contributed by atoms with E-state index in [4.69, 9.17) is 4.42 Å². The number of β-amino-alcohol motifs (C(OH)–C–C–N with tert-alkyl or cyclic N) is 1. The zero-order chi connectivity index (χ0) is 13.2. The van der Waals surface area contributed by atoms with Gasteiger partial charge in [0.15, 0.2) is 5.78 Å². The van der Waals surface area contributed by atoms with Crippen molar-refractivity contribution >= 4 is 11.4 Å². The van der Waals surface area contributed by atoms with Crippen molar-refractivity contribution in [1.82, 2.24) is 4.90 Å². The van der Waals surface area contributed by atoms with E-state index in [1.165, 1.54) is 6.92 Å². The van der Waals surface area contributed by atoms with Crippen LogP contribution in [-0.2, 0) is 4.79 Å². The zero-order valence-electron chi connectivity index (χ0n) is 10.8. The smallest absolute Gasteiger partial charge is 0.162 e. The lowest BCUT2D eigenvalue weighted by atomic mass is 9.99. The van der Waals surface area contributed by atoms with Gasteiger partial charge in [-0.2, -0.15) is 0 Å². The van der Waals surface area contributed by atoms with Crippen molar-refractivity contribution in [1.29, 1.82) is 0 Å². The molecule has 1 aromatic heterocycles. The van der Waals surface area contributed by atoms with Gasteiger partial charge in [-0.15, -0.1) is 0 Å². The fourth-order valence-electron chi connectivity index (χ4n) is 2.13. The van der Waals surface area contributed by atoms with Crippen molar-refractivity contribution in [2.75, 3.05) is 19.6 Å². The number of furan rings is 1. The molecule has 0 saturated carbocycles. The van der Waals surface area contributed by atoms with Gasteiger partial charge in [-0.05, 0) is 32.4 Å². The van der Waals surface area contributed by atoms with Crippen LogP contribution in [0.25, 0.3) is 5.57 Å². The summed E-state index contributed by atoms with van der Waals surface area (Å²) in [6, 6.07) is 3.79. The second kappa shape index (κ2) is 5.08. The Hall–Kier alpha value is -1.39. The topological polar surface area (TPSA) is 53.7 Å². The molecule has 0 aromatic carbocycles. The lowest BCUT2D eigenvalue weighted by Gasteiger charge is -2.32. The first-order chi connectivity index (χ1) is 8.49. The van der Waals surface area contributed by atoms with Crippen LogP contribution in [0.4, 0.5) is 0 Å². The van der Waals surface area contributed by atoms with Gasteiger partial charge in [0.2, 0.25) is 0 Å². The maximum atomic E-state index is 11.3. The van der Waals surface area contributed by atoms with Crippen molar-refractivity contribution in [2.24, 2.45) is 0 Å². The highest BCUT2D eigenvalue weighted by Gasteiger charge is 2.30. The van der Waals surface area contributed by atoms with Crippen LogP contribution >= 0.6 is 0 Å². The molecule has 0 fully saturated rings. The van der Waals surface area contributed by atoms with Crippen LogP contribution in [0.15, 0.2) is 28.9 Å². The van der Waals surface area contributed by atoms with Crippen molar-refractivity contribution in [3.8, 4) is 0 Å². The first kappa shape index (κ1) is 13.1. The van der Waals surface area contributed by atoms with Crippen molar-refractivity contribution in [3.63, 3.8) is 0 Å². The van der Waals surface area contributed by atoms with E-state index in [-0.39, 0.29) is 5.78 Å². The molecular formula is C14H19NO3. The van der Waals surface area contributed by atoms with Crippen LogP contribution in [0.1, 0.15) is 26.0 Å². The van der Waals surface area contributed by atoms with Crippen LogP contribution in [0.3, 0.4) is 0 Å². The summed E-state index contributed by atoms with van der Waals surface area (Å²) < 4.78 is 5.37. The van der Waals surface area contributed by atoms with E-state index in [0.717, 1.165) is 24.3 Å². The molecule has 1 aromatic rings. The van der Waals surface area contributed by atoms with Gasteiger partial charge >= 0.3 is 0 Å². The van der Waals surface area contributed by atoms with Crippen LogP contribution in [0.5, 0.6) is 0 Å². The monoisotopic (exact) mass is 249 g/mol. The number of carbonyl (C=O) groups excluding carboxylic acids is 1. The Balaban J connectivity index is 2.02. The molecule has 1 atom stereocenters. The Kier molecular flexibility index (Phi) is 3.68. The van der Waals surface area contributed by atoms with E-state index in [1.54, 1.807) is 13.2 Å². The third kappa shape index (κ3) is 2.89. The minimum Gasteiger partial charge on any atom is -0.465 e. The standard InChI is InChI=1S/C14H19NO3/c1-11(16)14(2,17)10-15-7-3-5-12(9-15)13-6-4-8-18-13/h4-6,8,17H,3,7,9-10H2,1-2H3. The van der Waals surface area contributed by atoms with Gasteiger partial charge in [0.1, 0.15) is 11.4 Å². The molecule has 1 aliphatic heterocycles. The fraction of sp³-hybridized carbons (Fsp3) is 0.500. The van der Waals surface area contributed by atoms with Gasteiger partial charge in [0, 0.05) is 25.2 Å². The van der Waals surface area contributed by atoms with Gasteiger partial charge in [-0.1, -0.05) is 6.08 Å². The van der Waals surface area contributed by atoms with E-state index in [0.29, 0.717) is 13.1 Å². The van der Waals surface area contributed by atoms with Crippen LogP contribution in [0, 0.1) is 0 Å². The summed E-state index contributed by atoms with van der Waals surface area (Å²) in [4.78, 5) is 13.4. The molecule has 98 valence electrons. The molecule has 0 bridgehead atoms. The van der Waals surface area contributed by atoms with E-state index in [9.17, 15) is 9.90 Å². The molecular weight excluding hydrogens is 230 g/mol. The number of hydrogen-bond donors (Lipinski definition) is 1. The third-order valence-electron chi connectivity index (χ3n) is 3.36. The molecule has 1 N–H and O–H groups in total. The number of ketones is 1. The van der Waals surface area contributed by atoms with Crippen molar-refractivity contribution < 1.29 is 14.3 Å². The summed E-state index contributed by atoms with van der Waals surface area (Å²) in [5.74, 6) is 0.666. The van der Waals surface area contributed by atoms with Gasteiger partial charge in [-0.25, -0.2) is 0 Å². The Labute approximate surface area is 107 Å². The normalized spacial score (nSPS) is 20.3. The molecule has 2 rings (SSSR count). The fourth-order valence-corrected chi connectivity index (χ4v) is 2.13. The Morgan fingerprint density at radius 3 is 3.00 bits per heavy atom. The second-order valence-corrected chi connectivity index (χ2v) is 5.04. The summed E-state index contributed by atoms with van der Waals surface area (Å²) in [5.41, 5.74) is -0.156. The van der Waals surface area contributed by atoms with E-state index in [1.807, 2.05) is 12.1 Å². The molecule has 2 heterocycles. The molecule has 0 aliphatic carbocycles. The third-order valence-corrected chi connectivity index (χ3v) is 3.36. The van der Waals surface area contributed by atoms with Gasteiger partial charge in [-0.3, -0.25) is 9.69 Å². The average Bonchev–Trinajstić information content (AvgIpc) is 2.82. The lowest BCUT2D eigenvalue weighted by Crippen LogP contribution is -2.47. The summed E-state index contributed by atoms with van der Waals surface area (Å²) in [7, 11) is 0. The van der Waals surface area contributed by atoms with Gasteiger partial charge in [0.25, 0.3) is 0 Å². The number of nitrogens with zero attached hydrogens (tertiary/aromatic N) is 1. The van der Waals surface area contributed by atoms with Gasteiger partial charge < -0.3 is 9.52 Å². The van der Waals surface area contributed by atoms with E-state index in [2.05, 4.69) is 11.0 Å². The predicted octanol–water partition coefficient (Wildman–Crippen LogP) is 1.71. The molecule has 0 radical (unpaired) electrons. The van der Waals surface area contributed by atoms with Crippen LogP contribution in [0.2, 0.25) is 0 Å². The molecule has 0 amide bonds.